The van der Waals surface area contributed by atoms with Crippen LogP contribution in [0.15, 0.2) is 16.6 Å². The van der Waals surface area contributed by atoms with Gasteiger partial charge in [-0.3, -0.25) is 4.68 Å². The largest absolute Gasteiger partial charge is 0.496 e. The first-order valence-corrected chi connectivity index (χ1v) is 6.38. The van der Waals surface area contributed by atoms with E-state index in [0.717, 1.165) is 32.6 Å². The minimum Gasteiger partial charge on any atom is -0.496 e. The average molecular weight is 310 g/mol. The van der Waals surface area contributed by atoms with E-state index in [1.165, 1.54) is 0 Å². The number of methoxy groups -OCH3 is 1. The number of anilines is 1. The summed E-state index contributed by atoms with van der Waals surface area (Å²) in [5, 5.41) is 4.21. The number of benzene rings is 1. The molecule has 0 radical (unpaired) electrons. The molecule has 2 rings (SSSR count). The fraction of sp³-hybridized carbons (Fsp3) is 0.308. The van der Waals surface area contributed by atoms with E-state index < -0.39 is 0 Å². The van der Waals surface area contributed by atoms with Crippen molar-refractivity contribution < 1.29 is 4.74 Å². The van der Waals surface area contributed by atoms with Crippen LogP contribution in [0.4, 0.5) is 5.82 Å². The normalized spacial score (nSPS) is 10.7. The van der Waals surface area contributed by atoms with E-state index in [-0.39, 0.29) is 0 Å². The SMILES string of the molecule is COc1c(C)cc(-c2c(Br)c(N)nn2C)cc1C. The van der Waals surface area contributed by atoms with E-state index in [4.69, 9.17) is 10.5 Å². The molecule has 0 saturated carbocycles. The standard InChI is InChI=1S/C13H16BrN3O/c1-7-5-9(6-8(2)12(7)18-4)11-10(14)13(15)16-17(11)3/h5-6H,1-4H3,(H2,15,16). The van der Waals surface area contributed by atoms with Gasteiger partial charge in [0.15, 0.2) is 5.82 Å². The number of aromatic nitrogens is 2. The van der Waals surface area contributed by atoms with Crippen molar-refractivity contribution in [3.05, 3.63) is 27.7 Å². The fourth-order valence-electron chi connectivity index (χ4n) is 2.24. The lowest BCUT2D eigenvalue weighted by Crippen LogP contribution is -1.97. The molecule has 0 unspecified atom stereocenters. The number of nitrogen functional groups attached to an aromatic ring is 1. The quantitative estimate of drug-likeness (QED) is 0.927. The summed E-state index contributed by atoms with van der Waals surface area (Å²) in [6.45, 7) is 4.06. The Bertz CT molecular complexity index is 582. The van der Waals surface area contributed by atoms with Gasteiger partial charge in [-0.1, -0.05) is 0 Å². The van der Waals surface area contributed by atoms with E-state index in [0.29, 0.717) is 5.82 Å². The van der Waals surface area contributed by atoms with Crippen molar-refractivity contribution in [2.24, 2.45) is 7.05 Å². The second-order valence-electron chi connectivity index (χ2n) is 4.31. The molecular weight excluding hydrogens is 294 g/mol. The van der Waals surface area contributed by atoms with Crippen LogP contribution in [0.25, 0.3) is 11.3 Å². The van der Waals surface area contributed by atoms with Gasteiger partial charge >= 0.3 is 0 Å². The van der Waals surface area contributed by atoms with Crippen LogP contribution in [0.2, 0.25) is 0 Å². The van der Waals surface area contributed by atoms with Crippen molar-refractivity contribution in [3.63, 3.8) is 0 Å². The smallest absolute Gasteiger partial charge is 0.160 e. The molecule has 0 amide bonds. The monoisotopic (exact) mass is 309 g/mol. The van der Waals surface area contributed by atoms with Crippen molar-refractivity contribution in [2.75, 3.05) is 12.8 Å². The maximum absolute atomic E-state index is 5.81. The van der Waals surface area contributed by atoms with Gasteiger partial charge in [-0.25, -0.2) is 0 Å². The first-order valence-electron chi connectivity index (χ1n) is 5.59. The van der Waals surface area contributed by atoms with Crippen LogP contribution in [0.1, 0.15) is 11.1 Å². The number of hydrogen-bond donors (Lipinski definition) is 1. The van der Waals surface area contributed by atoms with Crippen molar-refractivity contribution in [2.45, 2.75) is 13.8 Å². The molecule has 1 aromatic carbocycles. The van der Waals surface area contributed by atoms with Crippen LogP contribution in [-0.4, -0.2) is 16.9 Å². The van der Waals surface area contributed by atoms with E-state index in [1.807, 2.05) is 20.9 Å². The highest BCUT2D eigenvalue weighted by atomic mass is 79.9. The van der Waals surface area contributed by atoms with Crippen molar-refractivity contribution in [1.82, 2.24) is 9.78 Å². The third-order valence-corrected chi connectivity index (χ3v) is 3.73. The molecule has 0 aliphatic rings. The van der Waals surface area contributed by atoms with E-state index in [1.54, 1.807) is 11.8 Å². The zero-order valence-corrected chi connectivity index (χ0v) is 12.5. The lowest BCUT2D eigenvalue weighted by Gasteiger charge is -2.11. The summed E-state index contributed by atoms with van der Waals surface area (Å²) >= 11 is 3.48. The molecule has 1 aromatic heterocycles. The summed E-state index contributed by atoms with van der Waals surface area (Å²) in [4.78, 5) is 0. The number of hydrogen-bond acceptors (Lipinski definition) is 3. The number of ether oxygens (including phenoxy) is 1. The molecule has 96 valence electrons. The van der Waals surface area contributed by atoms with Crippen LogP contribution in [-0.2, 0) is 7.05 Å². The molecule has 0 saturated heterocycles. The molecule has 18 heavy (non-hydrogen) atoms. The van der Waals surface area contributed by atoms with Gasteiger partial charge in [0.25, 0.3) is 0 Å². The fourth-order valence-corrected chi connectivity index (χ4v) is 2.81. The Hall–Kier alpha value is -1.49. The summed E-state index contributed by atoms with van der Waals surface area (Å²) < 4.78 is 7.98. The zero-order valence-electron chi connectivity index (χ0n) is 10.9. The van der Waals surface area contributed by atoms with Crippen LogP contribution >= 0.6 is 15.9 Å². The third kappa shape index (κ3) is 1.99. The maximum atomic E-state index is 5.81. The molecule has 0 aliphatic heterocycles. The van der Waals surface area contributed by atoms with E-state index in [2.05, 4.69) is 33.2 Å². The molecule has 1 heterocycles. The summed E-state index contributed by atoms with van der Waals surface area (Å²) in [6.07, 6.45) is 0. The van der Waals surface area contributed by atoms with Gasteiger partial charge in [0.05, 0.1) is 17.3 Å². The van der Waals surface area contributed by atoms with Gasteiger partial charge in [-0.05, 0) is 53.0 Å². The predicted molar refractivity (Wildman–Crippen MR) is 76.8 cm³/mol. The first-order chi connectivity index (χ1) is 8.45. The van der Waals surface area contributed by atoms with Crippen molar-refractivity contribution in [3.8, 4) is 17.0 Å². The number of nitrogens with zero attached hydrogens (tertiary/aromatic N) is 2. The highest BCUT2D eigenvalue weighted by molar-refractivity contribution is 9.10. The van der Waals surface area contributed by atoms with Gasteiger partial charge in [0.1, 0.15) is 5.75 Å². The van der Waals surface area contributed by atoms with Gasteiger partial charge < -0.3 is 10.5 Å². The van der Waals surface area contributed by atoms with Gasteiger partial charge in [-0.15, -0.1) is 0 Å². The average Bonchev–Trinajstić information content (AvgIpc) is 2.52. The Balaban J connectivity index is 2.65. The first kappa shape index (κ1) is 13.0. The highest BCUT2D eigenvalue weighted by Gasteiger charge is 2.15. The Morgan fingerprint density at radius 3 is 2.22 bits per heavy atom. The Morgan fingerprint density at radius 2 is 1.83 bits per heavy atom. The van der Waals surface area contributed by atoms with Crippen LogP contribution in [0.5, 0.6) is 5.75 Å². The molecule has 0 fully saturated rings. The molecule has 0 spiro atoms. The van der Waals surface area contributed by atoms with Crippen molar-refractivity contribution >= 4 is 21.7 Å². The van der Waals surface area contributed by atoms with Gasteiger partial charge in [0, 0.05) is 12.6 Å². The molecule has 0 atom stereocenters. The number of nitrogens with two attached hydrogens (primary N) is 1. The van der Waals surface area contributed by atoms with Crippen molar-refractivity contribution in [1.29, 1.82) is 0 Å². The minimum absolute atomic E-state index is 0.499. The second-order valence-corrected chi connectivity index (χ2v) is 5.11. The second kappa shape index (κ2) is 4.65. The number of halogens is 1. The van der Waals surface area contributed by atoms with Gasteiger partial charge in [0.2, 0.25) is 0 Å². The Labute approximate surface area is 115 Å². The summed E-state index contributed by atoms with van der Waals surface area (Å²) in [5.41, 5.74) is 10.0. The third-order valence-electron chi connectivity index (χ3n) is 2.95. The lowest BCUT2D eigenvalue weighted by atomic mass is 10.0. The Kier molecular flexibility index (Phi) is 3.34. The lowest BCUT2D eigenvalue weighted by molar-refractivity contribution is 0.408. The number of rotatable bonds is 2. The zero-order chi connectivity index (χ0) is 13.4. The molecule has 2 aromatic rings. The van der Waals surface area contributed by atoms with Crippen LogP contribution in [0, 0.1) is 13.8 Å². The topological polar surface area (TPSA) is 53.1 Å². The van der Waals surface area contributed by atoms with Gasteiger partial charge in [-0.2, -0.15) is 5.10 Å². The number of aryl methyl sites for hydroxylation is 3. The Morgan fingerprint density at radius 1 is 1.28 bits per heavy atom. The maximum Gasteiger partial charge on any atom is 0.160 e. The summed E-state index contributed by atoms with van der Waals surface area (Å²) in [5.74, 6) is 1.42. The van der Waals surface area contributed by atoms with E-state index in [9.17, 15) is 0 Å². The molecule has 5 heteroatoms. The molecule has 4 nitrogen and oxygen atoms in total. The minimum atomic E-state index is 0.499. The van der Waals surface area contributed by atoms with Crippen LogP contribution < -0.4 is 10.5 Å². The summed E-state index contributed by atoms with van der Waals surface area (Å²) in [7, 11) is 3.57. The summed E-state index contributed by atoms with van der Waals surface area (Å²) in [6, 6.07) is 4.15. The van der Waals surface area contributed by atoms with E-state index >= 15 is 0 Å². The molecule has 0 aliphatic carbocycles. The molecular formula is C13H16BrN3O. The molecule has 0 bridgehead atoms. The molecule has 2 N–H and O–H groups in total. The van der Waals surface area contributed by atoms with Crippen LogP contribution in [0.3, 0.4) is 0 Å². The highest BCUT2D eigenvalue weighted by Crippen LogP contribution is 2.35. The predicted octanol–water partition coefficient (Wildman–Crippen LogP) is 3.06.